The number of esters is 4. The van der Waals surface area contributed by atoms with Crippen molar-refractivity contribution in [3.8, 4) is 0 Å². The first-order valence-electron chi connectivity index (χ1n) is 25.7. The molecule has 1 saturated heterocycles. The molecule has 0 N–H and O–H groups in total. The maximum Gasteiger partial charge on any atom is 0.432 e. The van der Waals surface area contributed by atoms with Gasteiger partial charge in [0, 0.05) is 43.9 Å². The lowest BCUT2D eigenvalue weighted by atomic mass is 9.88. The van der Waals surface area contributed by atoms with E-state index in [0.29, 0.717) is 33.3 Å². The molecule has 0 unspecified atom stereocenters. The Labute approximate surface area is 464 Å². The highest BCUT2D eigenvalue weighted by atomic mass is 19.4. The molecule has 21 heteroatoms. The van der Waals surface area contributed by atoms with Crippen LogP contribution in [0.5, 0.6) is 0 Å². The molecule has 81 heavy (non-hydrogen) atoms. The number of alkyl halides is 9. The molecule has 2 bridgehead atoms. The number of fused-ring (bicyclic) bond motifs is 2. The normalized spacial score (nSPS) is 25.2. The lowest BCUT2D eigenvalue weighted by Gasteiger charge is -2.38. The average Bonchev–Trinajstić information content (AvgIpc) is 3.88. The molecule has 5 rings (SSSR count). The van der Waals surface area contributed by atoms with Crippen molar-refractivity contribution in [2.75, 3.05) is 21.3 Å². The fourth-order valence-corrected chi connectivity index (χ4v) is 9.52. The summed E-state index contributed by atoms with van der Waals surface area (Å²) in [6.45, 7) is 12.7. The largest absolute Gasteiger partial charge is 0.458 e. The summed E-state index contributed by atoms with van der Waals surface area (Å²) in [4.78, 5) is 57.2. The van der Waals surface area contributed by atoms with E-state index in [1.165, 1.54) is 73.7 Å². The van der Waals surface area contributed by atoms with E-state index < -0.39 is 124 Å². The third kappa shape index (κ3) is 14.8. The molecule has 0 aromatic heterocycles. The molecule has 2 heterocycles. The second-order valence-corrected chi connectivity index (χ2v) is 19.6. The number of carbonyl (C=O) groups excluding carboxylic acids is 4. The first-order valence-corrected chi connectivity index (χ1v) is 25.7. The summed E-state index contributed by atoms with van der Waals surface area (Å²) in [5.41, 5.74) is -12.2. The highest BCUT2D eigenvalue weighted by Gasteiger charge is 2.67. The summed E-state index contributed by atoms with van der Waals surface area (Å²) in [5, 5.41) is 0. The Bertz CT molecular complexity index is 2740. The van der Waals surface area contributed by atoms with Gasteiger partial charge in [0.15, 0.2) is 18.3 Å². The van der Waals surface area contributed by atoms with Gasteiger partial charge in [-0.05, 0) is 64.5 Å². The minimum absolute atomic E-state index is 0.000562. The molecule has 0 saturated carbocycles. The SMILES string of the molecule is C=C(C)C/C=C/C(=C)C[C@@H](C)[C@H]1OC(=O)[C@H](C)/C=C/C=C/[C@@H](OC(=O)[C@](OC)(c2ccccc2)C(F)(F)F)[C@H](OC(=O)[C@](OC)(c2ccccc2)C(F)(F)F)/C=C/CC[C@H]2CC[C@H](O2)[C@H]1OC(=O)[C@](OC)(c1ccccc1)C(F)(F)F. The smallest absolute Gasteiger partial charge is 0.432 e. The number of allylic oxidation sites excluding steroid dienone is 7. The molecule has 12 nitrogen and oxygen atoms in total. The van der Waals surface area contributed by atoms with Crippen molar-refractivity contribution in [2.45, 2.75) is 131 Å². The van der Waals surface area contributed by atoms with Crippen LogP contribution < -0.4 is 0 Å². The first-order chi connectivity index (χ1) is 38.1. The fraction of sp³-hybridized carbons (Fsp3) is 0.433. The molecule has 0 spiro atoms. The Balaban J connectivity index is 1.66. The maximum absolute atomic E-state index is 15.4. The minimum Gasteiger partial charge on any atom is -0.458 e. The molecule has 0 radical (unpaired) electrons. The van der Waals surface area contributed by atoms with Crippen LogP contribution in [0.15, 0.2) is 164 Å². The molecule has 3 aromatic carbocycles. The zero-order valence-corrected chi connectivity index (χ0v) is 45.4. The summed E-state index contributed by atoms with van der Waals surface area (Å²) < 4.78 is 182. The van der Waals surface area contributed by atoms with E-state index in [9.17, 15) is 19.2 Å². The second-order valence-electron chi connectivity index (χ2n) is 19.6. The number of cyclic esters (lactones) is 1. The number of hydrogen-bond donors (Lipinski definition) is 0. The summed E-state index contributed by atoms with van der Waals surface area (Å²) in [6.07, 6.45) is -15.7. The predicted octanol–water partition coefficient (Wildman–Crippen LogP) is 12.7. The molecule has 0 amide bonds. The van der Waals surface area contributed by atoms with E-state index in [1.807, 2.05) is 0 Å². The van der Waals surface area contributed by atoms with Gasteiger partial charge in [0.25, 0.3) is 16.8 Å². The Morgan fingerprint density at radius 2 is 1.07 bits per heavy atom. The van der Waals surface area contributed by atoms with Gasteiger partial charge >= 0.3 is 42.4 Å². The van der Waals surface area contributed by atoms with Gasteiger partial charge < -0.3 is 37.9 Å². The number of hydrogen-bond acceptors (Lipinski definition) is 12. The quantitative estimate of drug-likeness (QED) is 0.0393. The fourth-order valence-electron chi connectivity index (χ4n) is 9.52. The van der Waals surface area contributed by atoms with Gasteiger partial charge in [-0.3, -0.25) is 4.79 Å². The standard InChI is InChI=1S/C60H65F9O12/c1-38(2)23-22-24-39(3)37-41(5)49-50(81-54(73)57(76-8,60(67,68)69)44-30-16-11-17-31-44)48-36-35-45(77-48)32-19-21-34-47(79-53(72)56(75-7,59(64,65)66)43-28-14-10-15-29-43)46(33-20-18-25-40(4)51(70)80-49)78-52(71)55(74-6,58(61,62)63)42-26-12-9-13-27-42/h9-18,20-22,24-31,33-34,40-41,45-50H,1,3,19,23,32,35-37H2,2,4-8H3/b24-22+,25-18+,33-20+,34-21+/t40-,41-,45+,46-,47-,48+,49-,50-,55-,56-,57-/m1/s1. The van der Waals surface area contributed by atoms with Crippen molar-refractivity contribution in [3.63, 3.8) is 0 Å². The van der Waals surface area contributed by atoms with Gasteiger partial charge in [-0.2, -0.15) is 39.5 Å². The molecule has 2 aliphatic heterocycles. The molecule has 0 aliphatic carbocycles. The molecule has 2 aliphatic rings. The van der Waals surface area contributed by atoms with E-state index in [0.717, 1.165) is 66.3 Å². The molecular weight excluding hydrogens is 1080 g/mol. The number of benzene rings is 3. The van der Waals surface area contributed by atoms with Crippen LogP contribution in [0.3, 0.4) is 0 Å². The van der Waals surface area contributed by atoms with Crippen LogP contribution in [-0.2, 0) is 73.9 Å². The molecular formula is C60H65F9O12. The topological polar surface area (TPSA) is 142 Å². The lowest BCUT2D eigenvalue weighted by Crippen LogP contribution is -2.55. The maximum atomic E-state index is 15.4. The number of methoxy groups -OCH3 is 3. The highest BCUT2D eigenvalue weighted by Crippen LogP contribution is 2.47. The number of rotatable bonds is 18. The molecule has 1 fully saturated rings. The Morgan fingerprint density at radius 3 is 1.51 bits per heavy atom. The highest BCUT2D eigenvalue weighted by molar-refractivity contribution is 5.85. The van der Waals surface area contributed by atoms with Gasteiger partial charge in [-0.15, -0.1) is 0 Å². The molecule has 3 aromatic rings. The van der Waals surface area contributed by atoms with Crippen LogP contribution in [0.2, 0.25) is 0 Å². The van der Waals surface area contributed by atoms with E-state index in [4.69, 9.17) is 37.9 Å². The lowest BCUT2D eigenvalue weighted by molar-refractivity contribution is -0.283. The summed E-state index contributed by atoms with van der Waals surface area (Å²) in [5.74, 6) is -9.32. The minimum atomic E-state index is -5.54. The number of carbonyl (C=O) groups is 4. The van der Waals surface area contributed by atoms with Crippen LogP contribution in [0.1, 0.15) is 76.0 Å². The third-order valence-corrected chi connectivity index (χ3v) is 13.8. The van der Waals surface area contributed by atoms with Gasteiger partial charge in [-0.1, -0.05) is 159 Å². The summed E-state index contributed by atoms with van der Waals surface area (Å²) in [6, 6.07) is 17.2. The summed E-state index contributed by atoms with van der Waals surface area (Å²) >= 11 is 0. The second kappa shape index (κ2) is 27.8. The summed E-state index contributed by atoms with van der Waals surface area (Å²) in [7, 11) is 1.86. The van der Waals surface area contributed by atoms with E-state index in [1.54, 1.807) is 26.0 Å². The third-order valence-electron chi connectivity index (χ3n) is 13.8. The van der Waals surface area contributed by atoms with Crippen LogP contribution in [0, 0.1) is 11.8 Å². The van der Waals surface area contributed by atoms with Crippen LogP contribution >= 0.6 is 0 Å². The van der Waals surface area contributed by atoms with Crippen molar-refractivity contribution in [3.05, 3.63) is 181 Å². The van der Waals surface area contributed by atoms with Gasteiger partial charge in [0.1, 0.15) is 6.10 Å². The first kappa shape index (κ1) is 65.0. The molecule has 440 valence electrons. The van der Waals surface area contributed by atoms with Crippen molar-refractivity contribution in [2.24, 2.45) is 11.8 Å². The van der Waals surface area contributed by atoms with Crippen molar-refractivity contribution in [1.82, 2.24) is 0 Å². The van der Waals surface area contributed by atoms with Gasteiger partial charge in [-0.25, -0.2) is 14.4 Å². The number of halogens is 9. The van der Waals surface area contributed by atoms with Crippen molar-refractivity contribution < 1.29 is 96.6 Å². The Morgan fingerprint density at radius 1 is 0.642 bits per heavy atom. The number of ether oxygens (including phenoxy) is 8. The van der Waals surface area contributed by atoms with E-state index in [-0.39, 0.29) is 32.1 Å². The Kier molecular flexibility index (Phi) is 22.3. The zero-order chi connectivity index (χ0) is 60.0. The average molecular weight is 1150 g/mol. The van der Waals surface area contributed by atoms with Crippen LogP contribution in [0.25, 0.3) is 0 Å². The van der Waals surface area contributed by atoms with Crippen LogP contribution in [0.4, 0.5) is 39.5 Å². The Hall–Kier alpha value is -6.81. The van der Waals surface area contributed by atoms with E-state index >= 15 is 39.5 Å². The van der Waals surface area contributed by atoms with Crippen molar-refractivity contribution >= 4 is 23.9 Å². The molecule has 11 atom stereocenters. The zero-order valence-electron chi connectivity index (χ0n) is 45.4. The van der Waals surface area contributed by atoms with Gasteiger partial charge in [0.05, 0.1) is 18.1 Å². The van der Waals surface area contributed by atoms with Crippen LogP contribution in [-0.4, -0.2) is 100 Å². The van der Waals surface area contributed by atoms with E-state index in [2.05, 4.69) is 13.2 Å². The predicted molar refractivity (Wildman–Crippen MR) is 278 cm³/mol. The van der Waals surface area contributed by atoms with Crippen molar-refractivity contribution in [1.29, 1.82) is 0 Å². The van der Waals surface area contributed by atoms with Gasteiger partial charge in [0.2, 0.25) is 0 Å². The monoisotopic (exact) mass is 1150 g/mol.